The second kappa shape index (κ2) is 15.3. The number of amides is 1. The van der Waals surface area contributed by atoms with E-state index in [0.717, 1.165) is 50.3 Å². The molecule has 1 amide bonds. The molecule has 1 aromatic carbocycles. The number of hydrogen-bond donors (Lipinski definition) is 2. The van der Waals surface area contributed by atoms with Crippen molar-refractivity contribution in [3.63, 3.8) is 0 Å². The molecule has 214 valence electrons. The number of benzene rings is 1. The van der Waals surface area contributed by atoms with Crippen molar-refractivity contribution in [1.82, 2.24) is 10.3 Å². The molecule has 0 saturated heterocycles. The number of nitrogens with zero attached hydrogens (tertiary/aromatic N) is 1. The van der Waals surface area contributed by atoms with E-state index in [4.69, 9.17) is 0 Å². The van der Waals surface area contributed by atoms with Gasteiger partial charge in [-0.25, -0.2) is 13.8 Å². The number of anilines is 1. The van der Waals surface area contributed by atoms with Crippen LogP contribution in [0, 0.1) is 17.6 Å². The van der Waals surface area contributed by atoms with E-state index in [9.17, 15) is 31.5 Å². The summed E-state index contributed by atoms with van der Waals surface area (Å²) in [7, 11) is 0. The van der Waals surface area contributed by atoms with E-state index in [1.807, 2.05) is 6.08 Å². The highest BCUT2D eigenvalue weighted by Crippen LogP contribution is 2.31. The van der Waals surface area contributed by atoms with Crippen molar-refractivity contribution >= 4 is 17.5 Å². The second-order valence-electron chi connectivity index (χ2n) is 9.83. The number of Topliss-reactive ketones (excluding diaryl/α,β-unsaturated/α-hetero) is 1. The van der Waals surface area contributed by atoms with E-state index in [1.54, 1.807) is 20.0 Å². The third kappa shape index (κ3) is 11.1. The molecule has 2 aromatic rings. The summed E-state index contributed by atoms with van der Waals surface area (Å²) >= 11 is 0. The van der Waals surface area contributed by atoms with Crippen LogP contribution in [0.4, 0.5) is 27.8 Å². The van der Waals surface area contributed by atoms with Gasteiger partial charge < -0.3 is 15.4 Å². The molecule has 0 fully saturated rings. The number of alkyl halides is 3. The molecule has 2 N–H and O–H groups in total. The van der Waals surface area contributed by atoms with Crippen molar-refractivity contribution in [2.75, 3.05) is 5.32 Å². The van der Waals surface area contributed by atoms with Gasteiger partial charge in [-0.3, -0.25) is 4.79 Å². The highest BCUT2D eigenvalue weighted by Gasteiger charge is 2.32. The van der Waals surface area contributed by atoms with Crippen LogP contribution in [0.1, 0.15) is 87.2 Å². The maximum Gasteiger partial charge on any atom is 0.417 e. The van der Waals surface area contributed by atoms with E-state index in [2.05, 4.69) is 22.5 Å². The standard InChI is InChI=1S/C29H36F5N3O2/c1-4-5-9-21(10-6-8-20(3)38)11-7-14-35-27-24(17-23(18-36-27)29(32,33)34)28(39)37-19(2)15-22-12-13-25(30)26(31)16-22/h7,12-14,16-19,21H,4-6,8-11,15H2,1-3H3,(H,35,36)(H,37,39)/b14-7+/t19?,21-/m0/s1. The van der Waals surface area contributed by atoms with Crippen molar-refractivity contribution in [1.29, 1.82) is 0 Å². The van der Waals surface area contributed by atoms with Crippen molar-refractivity contribution in [3.05, 3.63) is 71.1 Å². The zero-order chi connectivity index (χ0) is 29.0. The fourth-order valence-electron chi connectivity index (χ4n) is 4.19. The summed E-state index contributed by atoms with van der Waals surface area (Å²) in [5.41, 5.74) is -0.942. The molecule has 2 rings (SSSR count). The predicted octanol–water partition coefficient (Wildman–Crippen LogP) is 7.62. The molecule has 0 bridgehead atoms. The number of pyridine rings is 1. The first-order valence-corrected chi connectivity index (χ1v) is 13.1. The van der Waals surface area contributed by atoms with Crippen molar-refractivity contribution < 1.29 is 31.5 Å². The lowest BCUT2D eigenvalue weighted by Crippen LogP contribution is -2.34. The van der Waals surface area contributed by atoms with Crippen LogP contribution in [0.2, 0.25) is 0 Å². The number of ketones is 1. The van der Waals surface area contributed by atoms with Gasteiger partial charge in [-0.1, -0.05) is 38.3 Å². The largest absolute Gasteiger partial charge is 0.417 e. The fraction of sp³-hybridized carbons (Fsp3) is 0.483. The van der Waals surface area contributed by atoms with Crippen molar-refractivity contribution in [2.24, 2.45) is 5.92 Å². The van der Waals surface area contributed by atoms with Crippen LogP contribution in [0.5, 0.6) is 0 Å². The van der Waals surface area contributed by atoms with Crippen LogP contribution >= 0.6 is 0 Å². The first-order valence-electron chi connectivity index (χ1n) is 13.1. The van der Waals surface area contributed by atoms with Gasteiger partial charge >= 0.3 is 6.18 Å². The average molecular weight is 554 g/mol. The lowest BCUT2D eigenvalue weighted by atomic mass is 9.92. The molecule has 0 aliphatic heterocycles. The normalized spacial score (nSPS) is 13.3. The minimum Gasteiger partial charge on any atom is -0.349 e. The van der Waals surface area contributed by atoms with E-state index in [0.29, 0.717) is 30.5 Å². The van der Waals surface area contributed by atoms with Gasteiger partial charge in [0.05, 0.1) is 11.1 Å². The molecule has 39 heavy (non-hydrogen) atoms. The summed E-state index contributed by atoms with van der Waals surface area (Å²) in [6.07, 6.45) is 5.55. The van der Waals surface area contributed by atoms with Gasteiger partial charge in [-0.05, 0) is 75.4 Å². The molecule has 1 unspecified atom stereocenters. The summed E-state index contributed by atoms with van der Waals surface area (Å²) in [5, 5.41) is 5.44. The van der Waals surface area contributed by atoms with Gasteiger partial charge in [0.1, 0.15) is 11.6 Å². The van der Waals surface area contributed by atoms with E-state index >= 15 is 0 Å². The number of nitrogens with one attached hydrogen (secondary N) is 2. The molecule has 1 heterocycles. The van der Waals surface area contributed by atoms with Crippen LogP contribution < -0.4 is 10.6 Å². The Morgan fingerprint density at radius 1 is 1.08 bits per heavy atom. The van der Waals surface area contributed by atoms with Gasteiger partial charge in [0.15, 0.2) is 11.6 Å². The van der Waals surface area contributed by atoms with Crippen LogP contribution in [0.3, 0.4) is 0 Å². The number of allylic oxidation sites excluding steroid dienone is 1. The highest BCUT2D eigenvalue weighted by atomic mass is 19.4. The second-order valence-corrected chi connectivity index (χ2v) is 9.83. The minimum atomic E-state index is -4.69. The van der Waals surface area contributed by atoms with Crippen molar-refractivity contribution in [2.45, 2.75) is 84.4 Å². The molecule has 5 nitrogen and oxygen atoms in total. The van der Waals surface area contributed by atoms with Crippen LogP contribution in [0.15, 0.2) is 42.7 Å². The number of hydrogen-bond acceptors (Lipinski definition) is 4. The predicted molar refractivity (Wildman–Crippen MR) is 141 cm³/mol. The fourth-order valence-corrected chi connectivity index (χ4v) is 4.19. The number of unbranched alkanes of at least 4 members (excludes halogenated alkanes) is 1. The lowest BCUT2D eigenvalue weighted by Gasteiger charge is -2.17. The molecule has 0 radical (unpaired) electrons. The van der Waals surface area contributed by atoms with E-state index < -0.39 is 35.3 Å². The first-order chi connectivity index (χ1) is 18.4. The summed E-state index contributed by atoms with van der Waals surface area (Å²) in [5.74, 6) is -2.34. The van der Waals surface area contributed by atoms with Gasteiger partial charge in [0, 0.05) is 18.7 Å². The molecule has 0 saturated carbocycles. The van der Waals surface area contributed by atoms with E-state index in [-0.39, 0.29) is 23.6 Å². The van der Waals surface area contributed by atoms with Gasteiger partial charge in [-0.2, -0.15) is 13.2 Å². The Morgan fingerprint density at radius 3 is 2.44 bits per heavy atom. The smallest absolute Gasteiger partial charge is 0.349 e. The number of halogens is 5. The third-order valence-electron chi connectivity index (χ3n) is 6.28. The number of rotatable bonds is 15. The molecule has 0 spiro atoms. The van der Waals surface area contributed by atoms with Crippen LogP contribution in [0.25, 0.3) is 0 Å². The topological polar surface area (TPSA) is 71.1 Å². The Hall–Kier alpha value is -3.30. The third-order valence-corrected chi connectivity index (χ3v) is 6.28. The molecule has 0 aliphatic rings. The monoisotopic (exact) mass is 553 g/mol. The highest BCUT2D eigenvalue weighted by molar-refractivity contribution is 5.99. The Labute approximate surface area is 226 Å². The zero-order valence-electron chi connectivity index (χ0n) is 22.5. The first kappa shape index (κ1) is 31.9. The maximum absolute atomic E-state index is 13.5. The summed E-state index contributed by atoms with van der Waals surface area (Å²) in [4.78, 5) is 28.0. The Morgan fingerprint density at radius 2 is 1.79 bits per heavy atom. The number of aromatic nitrogens is 1. The maximum atomic E-state index is 13.5. The Kier molecular flexibility index (Phi) is 12.5. The SMILES string of the molecule is CCCC[C@H](C/C=C/Nc1ncc(C(F)(F)F)cc1C(=O)NC(C)Cc1ccc(F)c(F)c1)CCCC(C)=O. The number of carbonyl (C=O) groups is 2. The zero-order valence-corrected chi connectivity index (χ0v) is 22.5. The number of carbonyl (C=O) groups excluding carboxylic acids is 2. The summed E-state index contributed by atoms with van der Waals surface area (Å²) < 4.78 is 66.7. The molecular formula is C29H36F5N3O2. The van der Waals surface area contributed by atoms with Crippen LogP contribution in [-0.2, 0) is 17.4 Å². The molecular weight excluding hydrogens is 517 g/mol. The molecule has 10 heteroatoms. The van der Waals surface area contributed by atoms with E-state index in [1.165, 1.54) is 6.07 Å². The molecule has 2 atom stereocenters. The quantitative estimate of drug-likeness (QED) is 0.223. The van der Waals surface area contributed by atoms with Gasteiger partial charge in [0.2, 0.25) is 0 Å². The van der Waals surface area contributed by atoms with Crippen molar-refractivity contribution in [3.8, 4) is 0 Å². The van der Waals surface area contributed by atoms with Gasteiger partial charge in [-0.15, -0.1) is 0 Å². The molecule has 0 aliphatic carbocycles. The minimum absolute atomic E-state index is 0.0431. The summed E-state index contributed by atoms with van der Waals surface area (Å²) in [6, 6.07) is 3.50. The van der Waals surface area contributed by atoms with Gasteiger partial charge in [0.25, 0.3) is 5.91 Å². The molecule has 1 aromatic heterocycles. The average Bonchev–Trinajstić information content (AvgIpc) is 2.86. The van der Waals surface area contributed by atoms with Crippen LogP contribution in [-0.4, -0.2) is 22.7 Å². The Bertz CT molecular complexity index is 1130. The Balaban J connectivity index is 2.13. The summed E-state index contributed by atoms with van der Waals surface area (Å²) in [6.45, 7) is 5.28. The lowest BCUT2D eigenvalue weighted by molar-refractivity contribution is -0.137.